The summed E-state index contributed by atoms with van der Waals surface area (Å²) >= 11 is 5.91. The summed E-state index contributed by atoms with van der Waals surface area (Å²) < 4.78 is 6.54. The number of rotatable bonds is 7. The molecule has 1 aromatic rings. The standard InChI is InChI=1S/C13H22ClN3O3/c1-9(2)10-11(14)15-13(19)17(12(10)18)6-8-20-7-5-16(3)4/h9H,5-8H2,1-4H3,(H,15,19). The quantitative estimate of drug-likeness (QED) is 0.600. The molecule has 0 aliphatic heterocycles. The van der Waals surface area contributed by atoms with Gasteiger partial charge in [-0.2, -0.15) is 0 Å². The summed E-state index contributed by atoms with van der Waals surface area (Å²) in [5.41, 5.74) is -0.412. The van der Waals surface area contributed by atoms with Gasteiger partial charge < -0.3 is 9.64 Å². The van der Waals surface area contributed by atoms with Gasteiger partial charge in [0.05, 0.1) is 25.3 Å². The number of nitrogens with one attached hydrogen (secondary N) is 1. The molecule has 0 saturated heterocycles. The van der Waals surface area contributed by atoms with E-state index in [2.05, 4.69) is 4.98 Å². The molecule has 0 aromatic carbocycles. The Morgan fingerprint density at radius 2 is 1.95 bits per heavy atom. The van der Waals surface area contributed by atoms with Crippen LogP contribution in [0.3, 0.4) is 0 Å². The van der Waals surface area contributed by atoms with Crippen LogP contribution in [-0.2, 0) is 11.3 Å². The minimum atomic E-state index is -0.499. The van der Waals surface area contributed by atoms with Gasteiger partial charge in [0.2, 0.25) is 0 Å². The summed E-state index contributed by atoms with van der Waals surface area (Å²) in [6.07, 6.45) is 0. The van der Waals surface area contributed by atoms with Gasteiger partial charge in [-0.25, -0.2) is 4.79 Å². The Balaban J connectivity index is 2.78. The van der Waals surface area contributed by atoms with Crippen LogP contribution in [0.15, 0.2) is 9.59 Å². The summed E-state index contributed by atoms with van der Waals surface area (Å²) in [5.74, 6) is -0.0484. The molecule has 0 amide bonds. The van der Waals surface area contributed by atoms with Crippen LogP contribution in [0.4, 0.5) is 0 Å². The number of hydrogen-bond donors (Lipinski definition) is 1. The van der Waals surface area contributed by atoms with E-state index in [1.54, 1.807) is 0 Å². The molecule has 6 nitrogen and oxygen atoms in total. The predicted octanol–water partition coefficient (Wildman–Crippen LogP) is 0.892. The van der Waals surface area contributed by atoms with Crippen molar-refractivity contribution in [3.8, 4) is 0 Å². The highest BCUT2D eigenvalue weighted by atomic mass is 35.5. The molecule has 1 aromatic heterocycles. The van der Waals surface area contributed by atoms with Gasteiger partial charge in [0, 0.05) is 6.54 Å². The molecule has 114 valence electrons. The van der Waals surface area contributed by atoms with Crippen molar-refractivity contribution in [2.75, 3.05) is 33.9 Å². The predicted molar refractivity (Wildman–Crippen MR) is 79.8 cm³/mol. The Bertz CT molecular complexity index is 549. The monoisotopic (exact) mass is 303 g/mol. The average Bonchev–Trinajstić information content (AvgIpc) is 2.30. The summed E-state index contributed by atoms with van der Waals surface area (Å²) in [4.78, 5) is 28.5. The number of aromatic amines is 1. The van der Waals surface area contributed by atoms with Crippen LogP contribution in [-0.4, -0.2) is 48.3 Å². The fourth-order valence-corrected chi connectivity index (χ4v) is 2.15. The van der Waals surface area contributed by atoms with Gasteiger partial charge in [0.15, 0.2) is 0 Å². The number of aromatic nitrogens is 2. The van der Waals surface area contributed by atoms with Crippen molar-refractivity contribution in [1.82, 2.24) is 14.5 Å². The van der Waals surface area contributed by atoms with Gasteiger partial charge in [0.1, 0.15) is 5.15 Å². The lowest BCUT2D eigenvalue weighted by molar-refractivity contribution is 0.109. The van der Waals surface area contributed by atoms with E-state index < -0.39 is 5.69 Å². The van der Waals surface area contributed by atoms with Gasteiger partial charge in [-0.1, -0.05) is 25.4 Å². The van der Waals surface area contributed by atoms with Crippen molar-refractivity contribution < 1.29 is 4.74 Å². The largest absolute Gasteiger partial charge is 0.378 e. The highest BCUT2D eigenvalue weighted by Gasteiger charge is 2.15. The third-order valence-electron chi connectivity index (χ3n) is 2.89. The highest BCUT2D eigenvalue weighted by Crippen LogP contribution is 2.16. The van der Waals surface area contributed by atoms with Crippen molar-refractivity contribution >= 4 is 11.6 Å². The molecule has 1 N–H and O–H groups in total. The second kappa shape index (κ2) is 7.61. The number of likely N-dealkylation sites (N-methyl/N-ethyl adjacent to an activating group) is 1. The van der Waals surface area contributed by atoms with Crippen molar-refractivity contribution in [2.24, 2.45) is 0 Å². The molecule has 0 atom stereocenters. The molecule has 0 bridgehead atoms. The molecule has 0 fully saturated rings. The molecule has 0 radical (unpaired) electrons. The zero-order chi connectivity index (χ0) is 15.3. The van der Waals surface area contributed by atoms with Crippen LogP contribution >= 0.6 is 11.6 Å². The number of halogens is 1. The molecule has 0 saturated carbocycles. The third-order valence-corrected chi connectivity index (χ3v) is 3.19. The maximum Gasteiger partial charge on any atom is 0.329 e. The van der Waals surface area contributed by atoms with Gasteiger partial charge in [-0.3, -0.25) is 14.3 Å². The zero-order valence-electron chi connectivity index (χ0n) is 12.4. The molecule has 1 heterocycles. The van der Waals surface area contributed by atoms with Crippen LogP contribution in [0.1, 0.15) is 25.3 Å². The lowest BCUT2D eigenvalue weighted by Crippen LogP contribution is -2.39. The molecule has 0 spiro atoms. The van der Waals surface area contributed by atoms with Crippen molar-refractivity contribution in [2.45, 2.75) is 26.3 Å². The van der Waals surface area contributed by atoms with E-state index in [9.17, 15) is 9.59 Å². The normalized spacial score (nSPS) is 11.6. The molecule has 0 aliphatic rings. The fraction of sp³-hybridized carbons (Fsp3) is 0.692. The van der Waals surface area contributed by atoms with E-state index in [4.69, 9.17) is 16.3 Å². The second-order valence-electron chi connectivity index (χ2n) is 5.18. The van der Waals surface area contributed by atoms with Gasteiger partial charge in [0.25, 0.3) is 5.56 Å². The molecule has 20 heavy (non-hydrogen) atoms. The Kier molecular flexibility index (Phi) is 6.45. The maximum absolute atomic E-state index is 12.2. The third kappa shape index (κ3) is 4.47. The second-order valence-corrected chi connectivity index (χ2v) is 5.56. The first-order chi connectivity index (χ1) is 9.34. The SMILES string of the molecule is CC(C)c1c(Cl)[nH]c(=O)n(CCOCCN(C)C)c1=O. The summed E-state index contributed by atoms with van der Waals surface area (Å²) in [5, 5.41) is 0.125. The van der Waals surface area contributed by atoms with E-state index in [0.717, 1.165) is 11.1 Å². The minimum absolute atomic E-state index is 0.0484. The first-order valence-corrected chi connectivity index (χ1v) is 6.97. The van der Waals surface area contributed by atoms with E-state index in [1.807, 2.05) is 32.8 Å². The van der Waals surface area contributed by atoms with Crippen LogP contribution in [0, 0.1) is 0 Å². The van der Waals surface area contributed by atoms with Crippen LogP contribution in [0.2, 0.25) is 5.15 Å². The van der Waals surface area contributed by atoms with Gasteiger partial charge in [-0.15, -0.1) is 0 Å². The van der Waals surface area contributed by atoms with Crippen molar-refractivity contribution in [3.63, 3.8) is 0 Å². The first-order valence-electron chi connectivity index (χ1n) is 6.59. The van der Waals surface area contributed by atoms with Crippen molar-refractivity contribution in [1.29, 1.82) is 0 Å². The number of nitrogens with zero attached hydrogens (tertiary/aromatic N) is 2. The van der Waals surface area contributed by atoms with E-state index >= 15 is 0 Å². The molecule has 0 unspecified atom stereocenters. The summed E-state index contributed by atoms with van der Waals surface area (Å²) in [6.45, 7) is 5.61. The topological polar surface area (TPSA) is 67.3 Å². The fourth-order valence-electron chi connectivity index (χ4n) is 1.77. The Labute approximate surface area is 123 Å². The van der Waals surface area contributed by atoms with E-state index in [-0.39, 0.29) is 23.2 Å². The number of ether oxygens (including phenoxy) is 1. The lowest BCUT2D eigenvalue weighted by Gasteiger charge is -2.12. The maximum atomic E-state index is 12.2. The van der Waals surface area contributed by atoms with Gasteiger partial charge >= 0.3 is 5.69 Å². The number of hydrogen-bond acceptors (Lipinski definition) is 4. The molecular weight excluding hydrogens is 282 g/mol. The van der Waals surface area contributed by atoms with Crippen LogP contribution < -0.4 is 11.2 Å². The zero-order valence-corrected chi connectivity index (χ0v) is 13.2. The number of H-pyrrole nitrogens is 1. The van der Waals surface area contributed by atoms with Crippen LogP contribution in [0.25, 0.3) is 0 Å². The molecule has 7 heteroatoms. The van der Waals surface area contributed by atoms with Gasteiger partial charge in [-0.05, 0) is 20.0 Å². The van der Waals surface area contributed by atoms with Crippen LogP contribution in [0.5, 0.6) is 0 Å². The minimum Gasteiger partial charge on any atom is -0.378 e. The smallest absolute Gasteiger partial charge is 0.329 e. The highest BCUT2D eigenvalue weighted by molar-refractivity contribution is 6.30. The molecular formula is C13H22ClN3O3. The Hall–Kier alpha value is -1.11. The van der Waals surface area contributed by atoms with E-state index in [1.165, 1.54) is 0 Å². The van der Waals surface area contributed by atoms with E-state index in [0.29, 0.717) is 18.8 Å². The Morgan fingerprint density at radius 3 is 2.50 bits per heavy atom. The molecule has 1 rings (SSSR count). The lowest BCUT2D eigenvalue weighted by atomic mass is 10.1. The molecule has 0 aliphatic carbocycles. The summed E-state index contributed by atoms with van der Waals surface area (Å²) in [6, 6.07) is 0. The average molecular weight is 304 g/mol. The summed E-state index contributed by atoms with van der Waals surface area (Å²) in [7, 11) is 3.90. The first kappa shape index (κ1) is 16.9. The van der Waals surface area contributed by atoms with Crippen molar-refractivity contribution in [3.05, 3.63) is 31.6 Å². The Morgan fingerprint density at radius 1 is 1.30 bits per heavy atom.